The van der Waals surface area contributed by atoms with Gasteiger partial charge in [-0.15, -0.1) is 11.3 Å². The normalized spacial score (nSPS) is 12.9. The van der Waals surface area contributed by atoms with Crippen molar-refractivity contribution in [2.75, 3.05) is 0 Å². The summed E-state index contributed by atoms with van der Waals surface area (Å²) < 4.78 is 2.18. The number of rotatable bonds is 4. The molecule has 0 amide bonds. The zero-order chi connectivity index (χ0) is 14.1. The van der Waals surface area contributed by atoms with E-state index in [4.69, 9.17) is 0 Å². The molecule has 0 aliphatic rings. The van der Waals surface area contributed by atoms with Gasteiger partial charge in [0.15, 0.2) is 4.96 Å². The Morgan fingerprint density at radius 2 is 2.00 bits per heavy atom. The van der Waals surface area contributed by atoms with Gasteiger partial charge in [-0.3, -0.25) is 4.40 Å². The highest BCUT2D eigenvalue weighted by Gasteiger charge is 2.11. The molecule has 0 fully saturated rings. The van der Waals surface area contributed by atoms with Crippen LogP contribution < -0.4 is 5.32 Å². The Morgan fingerprint density at radius 3 is 2.75 bits per heavy atom. The van der Waals surface area contributed by atoms with Gasteiger partial charge in [0.25, 0.3) is 0 Å². The molecule has 0 saturated heterocycles. The molecule has 0 radical (unpaired) electrons. The molecule has 0 unspecified atom stereocenters. The molecule has 1 aromatic carbocycles. The van der Waals surface area contributed by atoms with Crippen LogP contribution in [0.3, 0.4) is 0 Å². The topological polar surface area (TPSA) is 29.3 Å². The fraction of sp³-hybridized carbons (Fsp3) is 0.312. The molecule has 0 bridgehead atoms. The number of thiazole rings is 1. The van der Waals surface area contributed by atoms with Crippen molar-refractivity contribution in [2.24, 2.45) is 0 Å². The van der Waals surface area contributed by atoms with Gasteiger partial charge in [-0.25, -0.2) is 4.98 Å². The molecule has 0 saturated carbocycles. The average Bonchev–Trinajstić information content (AvgIpc) is 2.98. The quantitative estimate of drug-likeness (QED) is 0.788. The molecule has 3 rings (SSSR count). The van der Waals surface area contributed by atoms with E-state index in [-0.39, 0.29) is 0 Å². The van der Waals surface area contributed by atoms with Crippen molar-refractivity contribution < 1.29 is 0 Å². The van der Waals surface area contributed by atoms with Gasteiger partial charge in [-0.05, 0) is 26.3 Å². The van der Waals surface area contributed by atoms with E-state index in [0.29, 0.717) is 6.04 Å². The summed E-state index contributed by atoms with van der Waals surface area (Å²) in [5, 5.41) is 5.67. The molecule has 3 nitrogen and oxygen atoms in total. The highest BCUT2D eigenvalue weighted by Crippen LogP contribution is 2.18. The summed E-state index contributed by atoms with van der Waals surface area (Å²) in [6.07, 6.45) is 2.09. The van der Waals surface area contributed by atoms with Crippen molar-refractivity contribution in [3.63, 3.8) is 0 Å². The molecule has 1 N–H and O–H groups in total. The summed E-state index contributed by atoms with van der Waals surface area (Å²) in [6.45, 7) is 7.22. The molecule has 0 spiro atoms. The number of aromatic nitrogens is 2. The van der Waals surface area contributed by atoms with E-state index in [2.05, 4.69) is 71.3 Å². The molecular weight excluding hydrogens is 266 g/mol. The van der Waals surface area contributed by atoms with Gasteiger partial charge in [-0.1, -0.05) is 29.8 Å². The Bertz CT molecular complexity index is 709. The lowest BCUT2D eigenvalue weighted by molar-refractivity contribution is 0.564. The fourth-order valence-corrected chi connectivity index (χ4v) is 3.16. The van der Waals surface area contributed by atoms with Crippen molar-refractivity contribution in [1.29, 1.82) is 0 Å². The van der Waals surface area contributed by atoms with Crippen LogP contribution in [0.15, 0.2) is 35.8 Å². The fourth-order valence-electron chi connectivity index (χ4n) is 2.38. The molecule has 0 aliphatic heterocycles. The van der Waals surface area contributed by atoms with E-state index in [0.717, 1.165) is 17.2 Å². The van der Waals surface area contributed by atoms with Crippen LogP contribution in [-0.4, -0.2) is 9.38 Å². The van der Waals surface area contributed by atoms with Gasteiger partial charge in [0, 0.05) is 24.2 Å². The second kappa shape index (κ2) is 5.38. The van der Waals surface area contributed by atoms with E-state index in [1.54, 1.807) is 11.3 Å². The Hall–Kier alpha value is -1.65. The monoisotopic (exact) mass is 285 g/mol. The maximum Gasteiger partial charge on any atom is 0.194 e. The third kappa shape index (κ3) is 2.49. The molecule has 3 aromatic rings. The maximum absolute atomic E-state index is 4.58. The third-order valence-corrected chi connectivity index (χ3v) is 4.47. The van der Waals surface area contributed by atoms with Crippen molar-refractivity contribution in [3.05, 3.63) is 58.4 Å². The minimum absolute atomic E-state index is 0.333. The number of hydrogen-bond donors (Lipinski definition) is 1. The zero-order valence-corrected chi connectivity index (χ0v) is 12.9. The number of imidazole rings is 1. The van der Waals surface area contributed by atoms with Gasteiger partial charge < -0.3 is 5.32 Å². The highest BCUT2D eigenvalue weighted by atomic mass is 32.1. The first-order chi connectivity index (χ1) is 9.65. The second-order valence-corrected chi connectivity index (χ2v) is 6.09. The lowest BCUT2D eigenvalue weighted by Crippen LogP contribution is -2.19. The van der Waals surface area contributed by atoms with Crippen LogP contribution in [0.1, 0.15) is 35.5 Å². The first-order valence-corrected chi connectivity index (χ1v) is 7.74. The molecule has 104 valence electrons. The van der Waals surface area contributed by atoms with Crippen LogP contribution in [0, 0.1) is 13.8 Å². The second-order valence-electron chi connectivity index (χ2n) is 5.21. The van der Waals surface area contributed by atoms with Crippen LogP contribution in [0.4, 0.5) is 0 Å². The number of nitrogens with zero attached hydrogens (tertiary/aromatic N) is 2. The summed E-state index contributed by atoms with van der Waals surface area (Å²) in [5.41, 5.74) is 4.98. The van der Waals surface area contributed by atoms with Crippen LogP contribution in [0.2, 0.25) is 0 Å². The summed E-state index contributed by atoms with van der Waals surface area (Å²) >= 11 is 1.68. The first kappa shape index (κ1) is 13.3. The predicted molar refractivity (Wildman–Crippen MR) is 84.2 cm³/mol. The van der Waals surface area contributed by atoms with E-state index < -0.39 is 0 Å². The van der Waals surface area contributed by atoms with Crippen LogP contribution in [-0.2, 0) is 6.54 Å². The number of benzene rings is 1. The summed E-state index contributed by atoms with van der Waals surface area (Å²) in [6, 6.07) is 9.04. The largest absolute Gasteiger partial charge is 0.305 e. The summed E-state index contributed by atoms with van der Waals surface area (Å²) in [7, 11) is 0. The van der Waals surface area contributed by atoms with Crippen molar-refractivity contribution in [1.82, 2.24) is 14.7 Å². The van der Waals surface area contributed by atoms with E-state index >= 15 is 0 Å². The standard InChI is InChI=1S/C16H19N3S/c1-11-4-6-14(7-5-11)12(2)17-10-15-13(3)18-16-19(15)8-9-20-16/h4-9,12,17H,10H2,1-3H3/t12-/m0/s1. The van der Waals surface area contributed by atoms with E-state index in [1.165, 1.54) is 16.8 Å². The summed E-state index contributed by atoms with van der Waals surface area (Å²) in [5.74, 6) is 0. The Balaban J connectivity index is 1.74. The predicted octanol–water partition coefficient (Wildman–Crippen LogP) is 3.86. The number of fused-ring (bicyclic) bond motifs is 1. The third-order valence-electron chi connectivity index (χ3n) is 3.71. The molecule has 2 aromatic heterocycles. The number of nitrogens with one attached hydrogen (secondary N) is 1. The van der Waals surface area contributed by atoms with Crippen LogP contribution >= 0.6 is 11.3 Å². The molecule has 0 aliphatic carbocycles. The van der Waals surface area contributed by atoms with Crippen molar-refractivity contribution in [2.45, 2.75) is 33.4 Å². The minimum atomic E-state index is 0.333. The van der Waals surface area contributed by atoms with Crippen molar-refractivity contribution >= 4 is 16.3 Å². The molecule has 1 atom stereocenters. The molecule has 2 heterocycles. The SMILES string of the molecule is Cc1ccc([C@H](C)NCc2c(C)nc3sccn23)cc1. The van der Waals surface area contributed by atoms with Gasteiger partial charge in [0.2, 0.25) is 0 Å². The molecular formula is C16H19N3S. The van der Waals surface area contributed by atoms with E-state index in [9.17, 15) is 0 Å². The molecule has 20 heavy (non-hydrogen) atoms. The number of hydrogen-bond acceptors (Lipinski definition) is 3. The van der Waals surface area contributed by atoms with Gasteiger partial charge in [-0.2, -0.15) is 0 Å². The molecule has 4 heteroatoms. The Kier molecular flexibility index (Phi) is 3.59. The lowest BCUT2D eigenvalue weighted by atomic mass is 10.1. The first-order valence-electron chi connectivity index (χ1n) is 6.86. The average molecular weight is 285 g/mol. The maximum atomic E-state index is 4.58. The van der Waals surface area contributed by atoms with Gasteiger partial charge in [0.05, 0.1) is 11.4 Å². The smallest absolute Gasteiger partial charge is 0.194 e. The summed E-state index contributed by atoms with van der Waals surface area (Å²) in [4.78, 5) is 5.65. The van der Waals surface area contributed by atoms with Crippen LogP contribution in [0.5, 0.6) is 0 Å². The highest BCUT2D eigenvalue weighted by molar-refractivity contribution is 7.15. The van der Waals surface area contributed by atoms with E-state index in [1.807, 2.05) is 0 Å². The zero-order valence-electron chi connectivity index (χ0n) is 12.1. The Morgan fingerprint density at radius 1 is 1.25 bits per heavy atom. The van der Waals surface area contributed by atoms with Crippen molar-refractivity contribution in [3.8, 4) is 0 Å². The Labute approximate surface area is 123 Å². The van der Waals surface area contributed by atoms with Gasteiger partial charge in [0.1, 0.15) is 0 Å². The van der Waals surface area contributed by atoms with Gasteiger partial charge >= 0.3 is 0 Å². The van der Waals surface area contributed by atoms with Crippen LogP contribution in [0.25, 0.3) is 4.96 Å². The number of aryl methyl sites for hydroxylation is 2. The minimum Gasteiger partial charge on any atom is -0.305 e. The lowest BCUT2D eigenvalue weighted by Gasteiger charge is -2.14.